The molecule has 2 aliphatic heterocycles. The largest absolute Gasteiger partial charge is 0.314 e. The minimum atomic E-state index is 0.0909. The molecule has 1 aromatic heterocycles. The summed E-state index contributed by atoms with van der Waals surface area (Å²) in [5, 5.41) is 3.63. The summed E-state index contributed by atoms with van der Waals surface area (Å²) >= 11 is 0. The van der Waals surface area contributed by atoms with E-state index in [9.17, 15) is 4.79 Å². The molecule has 0 bridgehead atoms. The van der Waals surface area contributed by atoms with E-state index in [0.29, 0.717) is 6.04 Å². The lowest BCUT2D eigenvalue weighted by Gasteiger charge is -2.21. The van der Waals surface area contributed by atoms with Crippen LogP contribution in [0.3, 0.4) is 0 Å². The number of pyridine rings is 1. The number of nitrogens with one attached hydrogen (secondary N) is 1. The predicted octanol–water partition coefficient (Wildman–Crippen LogP) is 0.675. The highest BCUT2D eigenvalue weighted by molar-refractivity contribution is 4.96. The van der Waals surface area contributed by atoms with E-state index >= 15 is 0 Å². The monoisotopic (exact) mass is 247 g/mol. The van der Waals surface area contributed by atoms with Crippen LogP contribution in [0.15, 0.2) is 29.2 Å². The van der Waals surface area contributed by atoms with E-state index in [2.05, 4.69) is 10.2 Å². The average Bonchev–Trinajstić information content (AvgIpc) is 2.96. The van der Waals surface area contributed by atoms with Crippen molar-refractivity contribution in [2.75, 3.05) is 19.6 Å². The summed E-state index contributed by atoms with van der Waals surface area (Å²) in [6.07, 6.45) is 5.80. The minimum absolute atomic E-state index is 0.0909. The van der Waals surface area contributed by atoms with Crippen LogP contribution in [0.4, 0.5) is 0 Å². The van der Waals surface area contributed by atoms with Crippen molar-refractivity contribution in [2.45, 2.75) is 37.9 Å². The molecule has 98 valence electrons. The molecule has 0 saturated carbocycles. The quantitative estimate of drug-likeness (QED) is 0.850. The first-order valence-electron chi connectivity index (χ1n) is 6.97. The van der Waals surface area contributed by atoms with Crippen LogP contribution in [0.25, 0.3) is 0 Å². The van der Waals surface area contributed by atoms with Gasteiger partial charge in [0, 0.05) is 44.0 Å². The molecule has 2 atom stereocenters. The third-order valence-electron chi connectivity index (χ3n) is 4.26. The number of rotatable bonds is 4. The Bertz CT molecular complexity index is 456. The van der Waals surface area contributed by atoms with Crippen LogP contribution in [0.5, 0.6) is 0 Å². The number of nitrogens with zero attached hydrogens (tertiary/aromatic N) is 2. The SMILES string of the molecule is O=c1ccccn1CCNC1CCN2CCCC12. The van der Waals surface area contributed by atoms with Crippen molar-refractivity contribution in [3.05, 3.63) is 34.7 Å². The van der Waals surface area contributed by atoms with Gasteiger partial charge in [0.2, 0.25) is 0 Å². The average molecular weight is 247 g/mol. The van der Waals surface area contributed by atoms with Crippen LogP contribution in [-0.2, 0) is 6.54 Å². The first-order chi connectivity index (χ1) is 8.84. The summed E-state index contributed by atoms with van der Waals surface area (Å²) in [5.41, 5.74) is 0.0909. The molecule has 0 amide bonds. The molecule has 4 nitrogen and oxygen atoms in total. The summed E-state index contributed by atoms with van der Waals surface area (Å²) in [7, 11) is 0. The van der Waals surface area contributed by atoms with Crippen LogP contribution in [0.1, 0.15) is 19.3 Å². The molecule has 0 radical (unpaired) electrons. The van der Waals surface area contributed by atoms with Crippen LogP contribution < -0.4 is 10.9 Å². The molecule has 2 unspecified atom stereocenters. The van der Waals surface area contributed by atoms with Gasteiger partial charge in [-0.25, -0.2) is 0 Å². The van der Waals surface area contributed by atoms with E-state index in [4.69, 9.17) is 0 Å². The number of fused-ring (bicyclic) bond motifs is 1. The van der Waals surface area contributed by atoms with E-state index in [0.717, 1.165) is 19.1 Å². The molecular weight excluding hydrogens is 226 g/mol. The van der Waals surface area contributed by atoms with Gasteiger partial charge in [-0.15, -0.1) is 0 Å². The topological polar surface area (TPSA) is 37.3 Å². The number of aromatic nitrogens is 1. The molecule has 2 aliphatic rings. The number of hydrogen-bond acceptors (Lipinski definition) is 3. The van der Waals surface area contributed by atoms with E-state index in [1.807, 2.05) is 12.3 Å². The van der Waals surface area contributed by atoms with Gasteiger partial charge in [-0.3, -0.25) is 9.69 Å². The number of hydrogen-bond donors (Lipinski definition) is 1. The highest BCUT2D eigenvalue weighted by Crippen LogP contribution is 2.27. The Labute approximate surface area is 108 Å². The van der Waals surface area contributed by atoms with Crippen molar-refractivity contribution >= 4 is 0 Å². The molecule has 2 saturated heterocycles. The fourth-order valence-electron chi connectivity index (χ4n) is 3.34. The van der Waals surface area contributed by atoms with Crippen molar-refractivity contribution in [2.24, 2.45) is 0 Å². The second-order valence-corrected chi connectivity index (χ2v) is 5.33. The Morgan fingerprint density at radius 1 is 1.28 bits per heavy atom. The zero-order valence-corrected chi connectivity index (χ0v) is 10.7. The lowest BCUT2D eigenvalue weighted by atomic mass is 10.1. The Morgan fingerprint density at radius 2 is 2.22 bits per heavy atom. The Balaban J connectivity index is 1.50. The second kappa shape index (κ2) is 5.24. The second-order valence-electron chi connectivity index (χ2n) is 5.33. The standard InChI is InChI=1S/C14H21N3O/c18-14-5-1-2-8-17(14)11-7-15-12-6-10-16-9-3-4-13(12)16/h1-2,5,8,12-13,15H,3-4,6-7,9-11H2. The van der Waals surface area contributed by atoms with Gasteiger partial charge in [-0.05, 0) is 31.9 Å². The molecule has 0 spiro atoms. The summed E-state index contributed by atoms with van der Waals surface area (Å²) in [4.78, 5) is 14.2. The smallest absolute Gasteiger partial charge is 0.250 e. The summed E-state index contributed by atoms with van der Waals surface area (Å²) in [6, 6.07) is 6.70. The van der Waals surface area contributed by atoms with Gasteiger partial charge in [0.15, 0.2) is 0 Å². The van der Waals surface area contributed by atoms with Crippen molar-refractivity contribution < 1.29 is 0 Å². The third kappa shape index (κ3) is 2.35. The van der Waals surface area contributed by atoms with Crippen molar-refractivity contribution in [3.8, 4) is 0 Å². The maximum Gasteiger partial charge on any atom is 0.250 e. The fraction of sp³-hybridized carbons (Fsp3) is 0.643. The van der Waals surface area contributed by atoms with Gasteiger partial charge in [0.25, 0.3) is 5.56 Å². The molecular formula is C14H21N3O. The van der Waals surface area contributed by atoms with Gasteiger partial charge < -0.3 is 9.88 Å². The highest BCUT2D eigenvalue weighted by Gasteiger charge is 2.36. The maximum absolute atomic E-state index is 11.6. The molecule has 18 heavy (non-hydrogen) atoms. The molecule has 3 rings (SSSR count). The third-order valence-corrected chi connectivity index (χ3v) is 4.26. The minimum Gasteiger partial charge on any atom is -0.314 e. The Kier molecular flexibility index (Phi) is 3.48. The zero-order chi connectivity index (χ0) is 12.4. The van der Waals surface area contributed by atoms with Gasteiger partial charge >= 0.3 is 0 Å². The summed E-state index contributed by atoms with van der Waals surface area (Å²) in [5.74, 6) is 0. The van der Waals surface area contributed by atoms with Crippen LogP contribution in [0, 0.1) is 0 Å². The van der Waals surface area contributed by atoms with Crippen molar-refractivity contribution in [3.63, 3.8) is 0 Å². The lowest BCUT2D eigenvalue weighted by Crippen LogP contribution is -2.41. The summed E-state index contributed by atoms with van der Waals surface area (Å²) < 4.78 is 1.77. The molecule has 3 heterocycles. The van der Waals surface area contributed by atoms with Gasteiger partial charge in [-0.1, -0.05) is 6.07 Å². The maximum atomic E-state index is 11.6. The highest BCUT2D eigenvalue weighted by atomic mass is 16.1. The lowest BCUT2D eigenvalue weighted by molar-refractivity contribution is 0.298. The van der Waals surface area contributed by atoms with E-state index in [1.54, 1.807) is 16.7 Å². The van der Waals surface area contributed by atoms with Crippen molar-refractivity contribution in [1.82, 2.24) is 14.8 Å². The molecule has 2 fully saturated rings. The molecule has 1 N–H and O–H groups in total. The molecule has 0 aromatic carbocycles. The van der Waals surface area contributed by atoms with Gasteiger partial charge in [0.1, 0.15) is 0 Å². The zero-order valence-electron chi connectivity index (χ0n) is 10.7. The normalized spacial score (nSPS) is 27.6. The van der Waals surface area contributed by atoms with Crippen molar-refractivity contribution in [1.29, 1.82) is 0 Å². The Hall–Kier alpha value is -1.13. The molecule has 1 aromatic rings. The van der Waals surface area contributed by atoms with Gasteiger partial charge in [0.05, 0.1) is 0 Å². The Morgan fingerprint density at radius 3 is 3.11 bits per heavy atom. The first-order valence-corrected chi connectivity index (χ1v) is 6.97. The summed E-state index contributed by atoms with van der Waals surface area (Å²) in [6.45, 7) is 4.18. The first kappa shape index (κ1) is 11.9. The van der Waals surface area contributed by atoms with E-state index in [-0.39, 0.29) is 5.56 Å². The molecule has 0 aliphatic carbocycles. The van der Waals surface area contributed by atoms with E-state index < -0.39 is 0 Å². The van der Waals surface area contributed by atoms with Crippen LogP contribution in [0.2, 0.25) is 0 Å². The fourth-order valence-corrected chi connectivity index (χ4v) is 3.34. The predicted molar refractivity (Wildman–Crippen MR) is 71.7 cm³/mol. The van der Waals surface area contributed by atoms with E-state index in [1.165, 1.54) is 32.4 Å². The van der Waals surface area contributed by atoms with Crippen LogP contribution in [-0.4, -0.2) is 41.2 Å². The van der Waals surface area contributed by atoms with Crippen LogP contribution >= 0.6 is 0 Å². The van der Waals surface area contributed by atoms with Gasteiger partial charge in [-0.2, -0.15) is 0 Å². The molecule has 4 heteroatoms.